The minimum absolute atomic E-state index is 0. The number of rotatable bonds is 3. The molecule has 0 aliphatic heterocycles. The molecule has 3 nitrogen and oxygen atoms in total. The lowest BCUT2D eigenvalue weighted by molar-refractivity contribution is 0.163. The highest BCUT2D eigenvalue weighted by Crippen LogP contribution is 2.31. The Morgan fingerprint density at radius 2 is 1.89 bits per heavy atom. The first-order valence-corrected chi connectivity index (χ1v) is 5.39. The van der Waals surface area contributed by atoms with Crippen LogP contribution in [0.1, 0.15) is 52.0 Å². The summed E-state index contributed by atoms with van der Waals surface area (Å²) in [6.45, 7) is -10.9. The average Bonchev–Trinajstić information content (AvgIpc) is 2.39. The van der Waals surface area contributed by atoms with Crippen molar-refractivity contribution in [2.45, 2.75) is 39.6 Å². The van der Waals surface area contributed by atoms with Gasteiger partial charge in [0.1, 0.15) is 0 Å². The highest BCUT2D eigenvalue weighted by Gasteiger charge is 2.15. The van der Waals surface area contributed by atoms with E-state index in [0.29, 0.717) is 0 Å². The summed E-state index contributed by atoms with van der Waals surface area (Å²) in [5, 5.41) is 12.4. The Balaban J connectivity index is 0.00000676. The first-order chi connectivity index (χ1) is 11.5. The van der Waals surface area contributed by atoms with Crippen LogP contribution in [0, 0.1) is 0 Å². The molecule has 0 aliphatic carbocycles. The zero-order valence-corrected chi connectivity index (χ0v) is 10.2. The molecule has 0 heterocycles. The molecule has 0 radical (unpaired) electrons. The first kappa shape index (κ1) is 7.34. The molecule has 1 aromatic carbocycles. The van der Waals surface area contributed by atoms with Gasteiger partial charge in [0.25, 0.3) is 0 Å². The van der Waals surface area contributed by atoms with Crippen molar-refractivity contribution in [2.75, 3.05) is 12.3 Å². The van der Waals surface area contributed by atoms with Gasteiger partial charge in [0.2, 0.25) is 0 Å². The third kappa shape index (κ3) is 5.02. The van der Waals surface area contributed by atoms with E-state index in [4.69, 9.17) is 41.3 Å². The highest BCUT2D eigenvalue weighted by atomic mass is 35.5. The first-order valence-electron chi connectivity index (χ1n) is 9.13. The van der Waals surface area contributed by atoms with Crippen molar-refractivity contribution in [1.82, 2.24) is 5.32 Å². The number of halogens is 2. The predicted molar refractivity (Wildman–Crippen MR) is 80.3 cm³/mol. The van der Waals surface area contributed by atoms with Crippen molar-refractivity contribution in [3.8, 4) is 0 Å². The van der Waals surface area contributed by atoms with Gasteiger partial charge in [0, 0.05) is 24.4 Å². The SMILES string of the molecule is C.[2H]C([2H])([2H])C(NCC(O)c1cc(Cl)c(N)c(Cl)c1)(C([2H])([2H])[2H])C([2H])([2H])[2H]. The fourth-order valence-corrected chi connectivity index (χ4v) is 1.67. The number of aliphatic hydroxyl groups is 1. The van der Waals surface area contributed by atoms with Crippen LogP contribution in [-0.4, -0.2) is 17.2 Å². The minimum Gasteiger partial charge on any atom is -0.396 e. The number of nitrogens with two attached hydrogens (primary N) is 1. The molecule has 0 bridgehead atoms. The molecule has 0 aliphatic rings. The maximum Gasteiger partial charge on any atom is 0.0915 e. The number of hydrogen-bond donors (Lipinski definition) is 3. The van der Waals surface area contributed by atoms with Crippen LogP contribution in [0.15, 0.2) is 12.1 Å². The van der Waals surface area contributed by atoms with Gasteiger partial charge in [-0.1, -0.05) is 30.6 Å². The maximum atomic E-state index is 10.2. The molecular formula is C13H22Cl2N2O. The standard InChI is InChI=1S/C12H18Cl2N2O.CH4/c1-12(2,3)16-6-10(17)7-4-8(13)11(15)9(14)5-7;/h4-5,10,16-17H,6,15H2,1-3H3;1H4/i1D3,2D3,3D3;. The van der Waals surface area contributed by atoms with Crippen molar-refractivity contribution in [3.63, 3.8) is 0 Å². The molecule has 4 N–H and O–H groups in total. The number of β-amino-alcohol motifs (C(OH)–C–C–N with tert-alkyl or cyclic N) is 1. The average molecular weight is 302 g/mol. The largest absolute Gasteiger partial charge is 0.396 e. The van der Waals surface area contributed by atoms with E-state index in [2.05, 4.69) is 0 Å². The molecule has 1 unspecified atom stereocenters. The van der Waals surface area contributed by atoms with Crippen molar-refractivity contribution in [3.05, 3.63) is 27.7 Å². The van der Waals surface area contributed by atoms with E-state index in [1.165, 1.54) is 12.1 Å². The van der Waals surface area contributed by atoms with Crippen LogP contribution in [-0.2, 0) is 0 Å². The zero-order valence-electron chi connectivity index (χ0n) is 17.7. The number of anilines is 1. The zero-order chi connectivity index (χ0) is 20.7. The van der Waals surface area contributed by atoms with Crippen LogP contribution in [0.4, 0.5) is 5.69 Å². The number of benzene rings is 1. The number of aliphatic hydroxyl groups excluding tert-OH is 1. The lowest BCUT2D eigenvalue weighted by Crippen LogP contribution is -2.38. The topological polar surface area (TPSA) is 58.3 Å². The molecule has 0 amide bonds. The monoisotopic (exact) mass is 301 g/mol. The van der Waals surface area contributed by atoms with Gasteiger partial charge in [-0.3, -0.25) is 0 Å². The van der Waals surface area contributed by atoms with Crippen LogP contribution >= 0.6 is 23.2 Å². The molecule has 1 rings (SSSR count). The second-order valence-corrected chi connectivity index (χ2v) is 4.36. The molecule has 0 aromatic heterocycles. The van der Waals surface area contributed by atoms with Gasteiger partial charge < -0.3 is 16.2 Å². The van der Waals surface area contributed by atoms with Gasteiger partial charge in [0.05, 0.1) is 21.8 Å². The van der Waals surface area contributed by atoms with Gasteiger partial charge in [0.15, 0.2) is 0 Å². The van der Waals surface area contributed by atoms with E-state index >= 15 is 0 Å². The maximum absolute atomic E-state index is 10.2. The highest BCUT2D eigenvalue weighted by molar-refractivity contribution is 6.38. The Bertz CT molecular complexity index is 600. The second kappa shape index (κ2) is 6.62. The van der Waals surface area contributed by atoms with E-state index in [-0.39, 0.29) is 28.7 Å². The lowest BCUT2D eigenvalue weighted by Gasteiger charge is -2.23. The van der Waals surface area contributed by atoms with Crippen LogP contribution < -0.4 is 11.1 Å². The Morgan fingerprint density at radius 3 is 2.33 bits per heavy atom. The Hall–Kier alpha value is -0.480. The summed E-state index contributed by atoms with van der Waals surface area (Å²) >= 11 is 11.7. The summed E-state index contributed by atoms with van der Waals surface area (Å²) in [5.74, 6) is 0. The van der Waals surface area contributed by atoms with E-state index in [0.717, 1.165) is 0 Å². The Morgan fingerprint density at radius 1 is 1.39 bits per heavy atom. The summed E-state index contributed by atoms with van der Waals surface area (Å²) < 4.78 is 67.5. The summed E-state index contributed by atoms with van der Waals surface area (Å²) in [6.07, 6.45) is -1.49. The van der Waals surface area contributed by atoms with Crippen molar-refractivity contribution in [1.29, 1.82) is 0 Å². The van der Waals surface area contributed by atoms with Crippen LogP contribution in [0.5, 0.6) is 0 Å². The molecule has 18 heavy (non-hydrogen) atoms. The number of nitrogen functional groups attached to an aromatic ring is 1. The third-order valence-corrected chi connectivity index (χ3v) is 2.67. The molecule has 1 atom stereocenters. The van der Waals surface area contributed by atoms with Gasteiger partial charge in [-0.2, -0.15) is 0 Å². The van der Waals surface area contributed by atoms with Crippen molar-refractivity contribution in [2.24, 2.45) is 0 Å². The lowest BCUT2D eigenvalue weighted by atomic mass is 10.1. The summed E-state index contributed by atoms with van der Waals surface area (Å²) in [4.78, 5) is 0. The van der Waals surface area contributed by atoms with E-state index < -0.39 is 38.7 Å². The van der Waals surface area contributed by atoms with Crippen molar-refractivity contribution >= 4 is 28.9 Å². The predicted octanol–water partition coefficient (Wildman–Crippen LogP) is 3.63. The molecule has 0 saturated carbocycles. The fourth-order valence-electron chi connectivity index (χ4n) is 1.16. The molecular weight excluding hydrogens is 271 g/mol. The van der Waals surface area contributed by atoms with E-state index in [1.807, 2.05) is 5.32 Å². The van der Waals surface area contributed by atoms with E-state index in [9.17, 15) is 5.11 Å². The van der Waals surface area contributed by atoms with Gasteiger partial charge in [-0.05, 0) is 38.3 Å². The van der Waals surface area contributed by atoms with Gasteiger partial charge >= 0.3 is 0 Å². The van der Waals surface area contributed by atoms with Gasteiger partial charge in [-0.25, -0.2) is 0 Å². The van der Waals surface area contributed by atoms with Crippen LogP contribution in [0.2, 0.25) is 10.0 Å². The normalized spacial score (nSPS) is 22.5. The summed E-state index contributed by atoms with van der Waals surface area (Å²) in [5.41, 5.74) is 2.52. The van der Waals surface area contributed by atoms with Crippen LogP contribution in [0.3, 0.4) is 0 Å². The molecule has 0 spiro atoms. The number of hydrogen-bond acceptors (Lipinski definition) is 3. The molecule has 0 fully saturated rings. The molecule has 104 valence electrons. The molecule has 0 saturated heterocycles. The smallest absolute Gasteiger partial charge is 0.0915 e. The van der Waals surface area contributed by atoms with Gasteiger partial charge in [-0.15, -0.1) is 0 Å². The minimum atomic E-state index is -3.42. The van der Waals surface area contributed by atoms with E-state index in [1.54, 1.807) is 0 Å². The molecule has 5 heteroatoms. The Labute approximate surface area is 132 Å². The fraction of sp³-hybridized carbons (Fsp3) is 0.538. The third-order valence-electron chi connectivity index (χ3n) is 2.05. The Kier molecular flexibility index (Phi) is 2.70. The number of nitrogens with one attached hydrogen (secondary N) is 1. The summed E-state index contributed by atoms with van der Waals surface area (Å²) in [7, 11) is 0. The van der Waals surface area contributed by atoms with Crippen molar-refractivity contribution < 1.29 is 17.4 Å². The second-order valence-electron chi connectivity index (χ2n) is 3.54. The van der Waals surface area contributed by atoms with Crippen LogP contribution in [0.25, 0.3) is 0 Å². The molecule has 1 aromatic rings. The summed E-state index contributed by atoms with van der Waals surface area (Å²) in [6, 6.07) is 2.52. The quantitative estimate of drug-likeness (QED) is 0.747.